The number of Topliss-reactive ketones (excluding diaryl/α,β-unsaturated/α-hetero) is 1. The van der Waals surface area contributed by atoms with Crippen molar-refractivity contribution >= 4 is 28.4 Å². The molecule has 1 heterocycles. The molecule has 0 fully saturated rings. The Kier molecular flexibility index (Phi) is 5.14. The lowest BCUT2D eigenvalue weighted by Gasteiger charge is -2.11. The van der Waals surface area contributed by atoms with Crippen LogP contribution in [0.15, 0.2) is 82.0 Å². The van der Waals surface area contributed by atoms with E-state index in [2.05, 4.69) is 0 Å². The predicted molar refractivity (Wildman–Crippen MR) is 109 cm³/mol. The average molecular weight is 409 g/mol. The molecule has 0 atom stereocenters. The molecule has 144 valence electrons. The van der Waals surface area contributed by atoms with Gasteiger partial charge in [0.25, 0.3) is 0 Å². The molecule has 0 N–H and O–H groups in total. The van der Waals surface area contributed by atoms with Crippen molar-refractivity contribution in [2.75, 3.05) is 6.61 Å². The van der Waals surface area contributed by atoms with Crippen LogP contribution >= 0.6 is 11.6 Å². The summed E-state index contributed by atoms with van der Waals surface area (Å²) in [7, 11) is 0. The first-order valence-electron chi connectivity index (χ1n) is 8.75. The van der Waals surface area contributed by atoms with Gasteiger partial charge in [-0.05, 0) is 41.5 Å². The zero-order valence-electron chi connectivity index (χ0n) is 15.0. The van der Waals surface area contributed by atoms with E-state index in [0.29, 0.717) is 22.1 Å². The van der Waals surface area contributed by atoms with Crippen LogP contribution in [0.4, 0.5) is 4.39 Å². The van der Waals surface area contributed by atoms with Gasteiger partial charge in [0, 0.05) is 23.1 Å². The predicted octanol–water partition coefficient (Wildman–Crippen LogP) is 5.51. The summed E-state index contributed by atoms with van der Waals surface area (Å²) < 4.78 is 23.8. The Balaban J connectivity index is 1.66. The standard InChI is InChI=1S/C23H14ClFO4/c24-19-10-18-17(14-4-2-1-3-5-14)11-23(27)29-21(18)12-22(19)28-13-20(26)15-6-8-16(25)9-7-15/h1-12H,13H2. The Morgan fingerprint density at radius 3 is 2.45 bits per heavy atom. The van der Waals surface area contributed by atoms with Gasteiger partial charge in [0.05, 0.1) is 5.02 Å². The minimum absolute atomic E-state index is 0.211. The maximum atomic E-state index is 13.0. The van der Waals surface area contributed by atoms with Crippen LogP contribution in [0.1, 0.15) is 10.4 Å². The van der Waals surface area contributed by atoms with E-state index < -0.39 is 11.4 Å². The zero-order valence-corrected chi connectivity index (χ0v) is 15.8. The highest BCUT2D eigenvalue weighted by Crippen LogP contribution is 2.34. The van der Waals surface area contributed by atoms with E-state index >= 15 is 0 Å². The number of carbonyl (C=O) groups is 1. The first kappa shape index (κ1) is 18.9. The summed E-state index contributed by atoms with van der Waals surface area (Å²) >= 11 is 6.35. The van der Waals surface area contributed by atoms with Gasteiger partial charge in [-0.2, -0.15) is 0 Å². The van der Waals surface area contributed by atoms with Crippen molar-refractivity contribution in [1.29, 1.82) is 0 Å². The number of ether oxygens (including phenoxy) is 1. The highest BCUT2D eigenvalue weighted by molar-refractivity contribution is 6.33. The molecule has 0 aliphatic rings. The minimum Gasteiger partial charge on any atom is -0.484 e. The molecule has 1 aromatic heterocycles. The van der Waals surface area contributed by atoms with Crippen LogP contribution in [0.2, 0.25) is 5.02 Å². The van der Waals surface area contributed by atoms with Crippen molar-refractivity contribution < 1.29 is 18.3 Å². The number of hydrogen-bond donors (Lipinski definition) is 0. The third-order valence-corrected chi connectivity index (χ3v) is 4.70. The SMILES string of the molecule is O=C(COc1cc2oc(=O)cc(-c3ccccc3)c2cc1Cl)c1ccc(F)cc1. The lowest BCUT2D eigenvalue weighted by Crippen LogP contribution is -2.12. The summed E-state index contributed by atoms with van der Waals surface area (Å²) in [4.78, 5) is 24.3. The molecule has 0 aliphatic carbocycles. The number of hydrogen-bond acceptors (Lipinski definition) is 4. The van der Waals surface area contributed by atoms with E-state index in [1.165, 1.54) is 36.4 Å². The van der Waals surface area contributed by atoms with Crippen LogP contribution in [0, 0.1) is 5.82 Å². The van der Waals surface area contributed by atoms with Crippen LogP contribution < -0.4 is 10.4 Å². The van der Waals surface area contributed by atoms with E-state index in [-0.39, 0.29) is 23.2 Å². The van der Waals surface area contributed by atoms with Crippen molar-refractivity contribution in [2.24, 2.45) is 0 Å². The summed E-state index contributed by atoms with van der Waals surface area (Å²) in [5.74, 6) is -0.548. The fourth-order valence-corrected chi connectivity index (χ4v) is 3.21. The number of halogens is 2. The van der Waals surface area contributed by atoms with Crippen molar-refractivity contribution in [3.63, 3.8) is 0 Å². The largest absolute Gasteiger partial charge is 0.484 e. The molecule has 0 aliphatic heterocycles. The molecule has 0 radical (unpaired) electrons. The highest BCUT2D eigenvalue weighted by atomic mass is 35.5. The summed E-state index contributed by atoms with van der Waals surface area (Å²) in [5, 5.41) is 0.924. The number of fused-ring (bicyclic) bond motifs is 1. The van der Waals surface area contributed by atoms with E-state index in [0.717, 1.165) is 5.56 Å². The van der Waals surface area contributed by atoms with Gasteiger partial charge in [-0.25, -0.2) is 9.18 Å². The molecule has 6 heteroatoms. The van der Waals surface area contributed by atoms with E-state index in [1.807, 2.05) is 30.3 Å². The molecule has 4 aromatic rings. The third-order valence-electron chi connectivity index (χ3n) is 4.41. The van der Waals surface area contributed by atoms with E-state index in [9.17, 15) is 14.0 Å². The monoisotopic (exact) mass is 408 g/mol. The Morgan fingerprint density at radius 2 is 1.72 bits per heavy atom. The van der Waals surface area contributed by atoms with Gasteiger partial charge in [-0.1, -0.05) is 41.9 Å². The molecule has 0 bridgehead atoms. The summed E-state index contributed by atoms with van der Waals surface area (Å²) in [6, 6.07) is 19.1. The molecule has 4 rings (SSSR count). The minimum atomic E-state index is -0.507. The Hall–Kier alpha value is -3.44. The Labute approximate surface area is 170 Å². The zero-order chi connectivity index (χ0) is 20.4. The van der Waals surface area contributed by atoms with Gasteiger partial charge in [0.15, 0.2) is 12.4 Å². The van der Waals surface area contributed by atoms with Gasteiger partial charge in [-0.15, -0.1) is 0 Å². The molecule has 0 unspecified atom stereocenters. The van der Waals surface area contributed by atoms with Gasteiger partial charge >= 0.3 is 5.63 Å². The maximum absolute atomic E-state index is 13.0. The average Bonchev–Trinajstić information content (AvgIpc) is 2.73. The smallest absolute Gasteiger partial charge is 0.336 e. The lowest BCUT2D eigenvalue weighted by atomic mass is 10.0. The first-order valence-corrected chi connectivity index (χ1v) is 9.13. The molecule has 4 nitrogen and oxygen atoms in total. The molecule has 0 saturated heterocycles. The van der Waals surface area contributed by atoms with Crippen molar-refractivity contribution in [3.05, 3.63) is 99.6 Å². The first-order chi connectivity index (χ1) is 14.0. The number of rotatable bonds is 5. The van der Waals surface area contributed by atoms with E-state index in [1.54, 1.807) is 6.07 Å². The van der Waals surface area contributed by atoms with Gasteiger partial charge < -0.3 is 9.15 Å². The second-order valence-corrected chi connectivity index (χ2v) is 6.75. The van der Waals surface area contributed by atoms with Gasteiger partial charge in [0.2, 0.25) is 0 Å². The van der Waals surface area contributed by atoms with Crippen LogP contribution in [0.3, 0.4) is 0 Å². The van der Waals surface area contributed by atoms with Crippen LogP contribution in [0.5, 0.6) is 5.75 Å². The van der Waals surface area contributed by atoms with Crippen molar-refractivity contribution in [3.8, 4) is 16.9 Å². The summed E-state index contributed by atoms with van der Waals surface area (Å²) in [5.41, 5.74) is 1.65. The quantitative estimate of drug-likeness (QED) is 0.322. The molecule has 0 saturated carbocycles. The van der Waals surface area contributed by atoms with Crippen LogP contribution in [-0.2, 0) is 0 Å². The molecule has 0 amide bonds. The van der Waals surface area contributed by atoms with Crippen molar-refractivity contribution in [1.82, 2.24) is 0 Å². The molecular weight excluding hydrogens is 395 g/mol. The highest BCUT2D eigenvalue weighted by Gasteiger charge is 2.14. The number of carbonyl (C=O) groups excluding carboxylic acids is 1. The Morgan fingerprint density at radius 1 is 1.00 bits per heavy atom. The maximum Gasteiger partial charge on any atom is 0.336 e. The third kappa shape index (κ3) is 4.05. The van der Waals surface area contributed by atoms with Gasteiger partial charge in [0.1, 0.15) is 17.1 Å². The summed E-state index contributed by atoms with van der Waals surface area (Å²) in [6.07, 6.45) is 0. The van der Waals surface area contributed by atoms with E-state index in [4.69, 9.17) is 20.8 Å². The topological polar surface area (TPSA) is 56.5 Å². The molecule has 29 heavy (non-hydrogen) atoms. The van der Waals surface area contributed by atoms with Crippen LogP contribution in [0.25, 0.3) is 22.1 Å². The molecular formula is C23H14ClFO4. The fourth-order valence-electron chi connectivity index (χ4n) is 2.99. The molecule has 0 spiro atoms. The number of benzene rings is 3. The lowest BCUT2D eigenvalue weighted by molar-refractivity contribution is 0.0921. The normalized spacial score (nSPS) is 10.8. The second kappa shape index (κ2) is 7.89. The Bertz CT molecular complexity index is 1250. The van der Waals surface area contributed by atoms with Gasteiger partial charge in [-0.3, -0.25) is 4.79 Å². The molecule has 3 aromatic carbocycles. The van der Waals surface area contributed by atoms with Crippen LogP contribution in [-0.4, -0.2) is 12.4 Å². The fraction of sp³-hybridized carbons (Fsp3) is 0.0435. The second-order valence-electron chi connectivity index (χ2n) is 6.34. The van der Waals surface area contributed by atoms with Crippen molar-refractivity contribution in [2.45, 2.75) is 0 Å². The number of ketones is 1. The summed E-state index contributed by atoms with van der Waals surface area (Å²) in [6.45, 7) is -0.292.